The number of aromatic nitrogens is 1. The maximum Gasteiger partial charge on any atom is 0.208 e. The maximum atomic E-state index is 14.8. The number of Topliss-reactive ketones (excluding diaryl/α,β-unsaturated/α-hetero) is 1. The summed E-state index contributed by atoms with van der Waals surface area (Å²) in [6.07, 6.45) is 1.95. The second-order valence-electron chi connectivity index (χ2n) is 9.19. The van der Waals surface area contributed by atoms with E-state index < -0.39 is 12.9 Å². The van der Waals surface area contributed by atoms with E-state index in [-0.39, 0.29) is 5.78 Å². The Kier molecular flexibility index (Phi) is 6.26. The first kappa shape index (κ1) is 23.2. The summed E-state index contributed by atoms with van der Waals surface area (Å²) in [5.41, 5.74) is 2.43. The third-order valence-corrected chi connectivity index (χ3v) is 11.7. The van der Waals surface area contributed by atoms with Gasteiger partial charge in [-0.25, -0.2) is 0 Å². The van der Waals surface area contributed by atoms with Crippen LogP contribution in [0.5, 0.6) is 0 Å². The first-order valence-electron chi connectivity index (χ1n) is 12.5. The lowest BCUT2D eigenvalue weighted by Crippen LogP contribution is -2.38. The zero-order valence-electron chi connectivity index (χ0n) is 20.4. The highest BCUT2D eigenvalue weighted by Crippen LogP contribution is 2.67. The average molecular weight is 497 g/mol. The van der Waals surface area contributed by atoms with Crippen LogP contribution < -0.4 is 15.9 Å². The van der Waals surface area contributed by atoms with Gasteiger partial charge >= 0.3 is 0 Å². The normalized spacial score (nSPS) is 12.3. The number of benzene rings is 5. The van der Waals surface area contributed by atoms with E-state index >= 15 is 0 Å². The molecule has 178 valence electrons. The van der Waals surface area contributed by atoms with Crippen molar-refractivity contribution in [3.05, 3.63) is 163 Å². The molecule has 0 bridgehead atoms. The number of fused-ring (bicyclic) bond motifs is 1. The van der Waals surface area contributed by atoms with Gasteiger partial charge in [0.1, 0.15) is 23.2 Å². The minimum atomic E-state index is -2.53. The zero-order chi connectivity index (χ0) is 25.1. The van der Waals surface area contributed by atoms with Gasteiger partial charge in [-0.3, -0.25) is 4.79 Å². The van der Waals surface area contributed by atoms with Crippen LogP contribution in [0.15, 0.2) is 152 Å². The van der Waals surface area contributed by atoms with E-state index in [9.17, 15) is 4.79 Å². The van der Waals surface area contributed by atoms with Crippen molar-refractivity contribution in [1.82, 2.24) is 4.98 Å². The Morgan fingerprint density at radius 3 is 1.57 bits per heavy atom. The highest BCUT2D eigenvalue weighted by molar-refractivity contribution is 7.96. The first-order chi connectivity index (χ1) is 18.3. The van der Waals surface area contributed by atoms with Gasteiger partial charge in [0.2, 0.25) is 5.78 Å². The quantitative estimate of drug-likeness (QED) is 0.186. The largest absolute Gasteiger partial charge is 0.361 e. The van der Waals surface area contributed by atoms with E-state index in [2.05, 4.69) is 102 Å². The van der Waals surface area contributed by atoms with Crippen LogP contribution >= 0.6 is 7.26 Å². The van der Waals surface area contributed by atoms with Gasteiger partial charge in [0, 0.05) is 22.8 Å². The van der Waals surface area contributed by atoms with Gasteiger partial charge in [-0.15, -0.1) is 0 Å². The summed E-state index contributed by atoms with van der Waals surface area (Å²) in [6, 6.07) is 50.2. The van der Waals surface area contributed by atoms with Crippen molar-refractivity contribution in [2.45, 2.75) is 5.66 Å². The summed E-state index contributed by atoms with van der Waals surface area (Å²) in [7, 11) is -2.53. The Labute approximate surface area is 218 Å². The van der Waals surface area contributed by atoms with Crippen LogP contribution in [0.4, 0.5) is 0 Å². The molecule has 0 fully saturated rings. The molecule has 2 nitrogen and oxygen atoms in total. The van der Waals surface area contributed by atoms with E-state index in [1.807, 2.05) is 54.7 Å². The molecule has 1 aromatic heterocycles. The van der Waals surface area contributed by atoms with Crippen molar-refractivity contribution in [3.63, 3.8) is 0 Å². The average Bonchev–Trinajstić information content (AvgIpc) is 3.45. The van der Waals surface area contributed by atoms with Crippen LogP contribution in [0.2, 0.25) is 0 Å². The highest BCUT2D eigenvalue weighted by atomic mass is 31.2. The van der Waals surface area contributed by atoms with Crippen LogP contribution in [0.3, 0.4) is 0 Å². The molecule has 1 atom stereocenters. The van der Waals surface area contributed by atoms with Crippen molar-refractivity contribution in [2.75, 3.05) is 0 Å². The number of aromatic amines is 1. The van der Waals surface area contributed by atoms with Crippen LogP contribution in [0, 0.1) is 0 Å². The van der Waals surface area contributed by atoms with E-state index in [4.69, 9.17) is 0 Å². The van der Waals surface area contributed by atoms with Gasteiger partial charge in [0.05, 0.1) is 0 Å². The van der Waals surface area contributed by atoms with E-state index in [0.29, 0.717) is 0 Å². The van der Waals surface area contributed by atoms with E-state index in [1.54, 1.807) is 0 Å². The van der Waals surface area contributed by atoms with Gasteiger partial charge in [0.25, 0.3) is 0 Å². The molecule has 0 radical (unpaired) electrons. The Morgan fingerprint density at radius 1 is 0.568 bits per heavy atom. The third-order valence-electron chi connectivity index (χ3n) is 7.08. The van der Waals surface area contributed by atoms with Gasteiger partial charge in [0.15, 0.2) is 5.66 Å². The maximum absolute atomic E-state index is 14.8. The number of carbonyl (C=O) groups excluding carboxylic acids is 1. The molecule has 6 aromatic rings. The SMILES string of the molecule is O=C(c1ccccc1)C(c1ccc2[nH]ccc2c1)[P+](c1ccccc1)(c1ccccc1)c1ccccc1. The van der Waals surface area contributed by atoms with Gasteiger partial charge in [-0.1, -0.05) is 91.0 Å². The molecular formula is C34H27NOP+. The molecule has 0 spiro atoms. The third kappa shape index (κ3) is 4.10. The predicted molar refractivity (Wildman–Crippen MR) is 157 cm³/mol. The monoisotopic (exact) mass is 496 g/mol. The summed E-state index contributed by atoms with van der Waals surface area (Å²) >= 11 is 0. The first-order valence-corrected chi connectivity index (χ1v) is 14.4. The highest BCUT2D eigenvalue weighted by Gasteiger charge is 2.56. The van der Waals surface area contributed by atoms with Crippen LogP contribution in [0.25, 0.3) is 10.9 Å². The fourth-order valence-electron chi connectivity index (χ4n) is 5.44. The zero-order valence-corrected chi connectivity index (χ0v) is 21.3. The fourth-order valence-corrected chi connectivity index (χ4v) is 10.3. The molecule has 1 heterocycles. The molecule has 3 heteroatoms. The minimum Gasteiger partial charge on any atom is -0.361 e. The lowest BCUT2D eigenvalue weighted by molar-refractivity contribution is 0.0987. The molecule has 6 rings (SSSR count). The summed E-state index contributed by atoms with van der Waals surface area (Å²) in [4.78, 5) is 18.1. The molecule has 1 N–H and O–H groups in total. The summed E-state index contributed by atoms with van der Waals surface area (Å²) in [5, 5.41) is 4.68. The Bertz CT molecular complexity index is 1530. The molecular weight excluding hydrogens is 469 g/mol. The number of hydrogen-bond donors (Lipinski definition) is 1. The fraction of sp³-hybridized carbons (Fsp3) is 0.0294. The van der Waals surface area contributed by atoms with Crippen molar-refractivity contribution >= 4 is 39.9 Å². The van der Waals surface area contributed by atoms with Gasteiger partial charge in [-0.2, -0.15) is 0 Å². The second kappa shape index (κ2) is 10.0. The lowest BCUT2D eigenvalue weighted by Gasteiger charge is -2.34. The smallest absolute Gasteiger partial charge is 0.208 e. The van der Waals surface area contributed by atoms with Crippen LogP contribution in [-0.2, 0) is 0 Å². The van der Waals surface area contributed by atoms with Crippen molar-refractivity contribution in [1.29, 1.82) is 0 Å². The molecule has 0 aliphatic rings. The van der Waals surface area contributed by atoms with Gasteiger partial charge in [-0.05, 0) is 60.0 Å². The minimum absolute atomic E-state index is 0.139. The number of H-pyrrole nitrogens is 1. The standard InChI is InChI=1S/C34H27NOP/c36-33(26-13-5-1-6-14-26)34(28-21-22-32-27(25-28)23-24-35-32)37(29-15-7-2-8-16-29,30-17-9-3-10-18-30)31-19-11-4-12-20-31/h1-25,34-35H/q+1. The second-order valence-corrected chi connectivity index (χ2v) is 12.7. The predicted octanol–water partition coefficient (Wildman–Crippen LogP) is 7.09. The van der Waals surface area contributed by atoms with E-state index in [1.165, 1.54) is 15.9 Å². The summed E-state index contributed by atoms with van der Waals surface area (Å²) in [5.74, 6) is 0.139. The number of hydrogen-bond acceptors (Lipinski definition) is 1. The number of ketones is 1. The molecule has 0 aliphatic carbocycles. The molecule has 0 amide bonds. The van der Waals surface area contributed by atoms with Crippen molar-refractivity contribution in [2.24, 2.45) is 0 Å². The van der Waals surface area contributed by atoms with Crippen LogP contribution in [-0.4, -0.2) is 10.8 Å². The lowest BCUT2D eigenvalue weighted by atomic mass is 10.0. The van der Waals surface area contributed by atoms with Crippen molar-refractivity contribution < 1.29 is 4.79 Å². The summed E-state index contributed by atoms with van der Waals surface area (Å²) < 4.78 is 0. The molecule has 37 heavy (non-hydrogen) atoms. The molecule has 1 unspecified atom stereocenters. The molecule has 0 aliphatic heterocycles. The topological polar surface area (TPSA) is 32.9 Å². The number of rotatable bonds is 7. The number of nitrogens with one attached hydrogen (secondary N) is 1. The Balaban J connectivity index is 1.75. The van der Waals surface area contributed by atoms with Gasteiger partial charge < -0.3 is 4.98 Å². The van der Waals surface area contributed by atoms with Crippen molar-refractivity contribution in [3.8, 4) is 0 Å². The van der Waals surface area contributed by atoms with E-state index in [0.717, 1.165) is 22.0 Å². The Morgan fingerprint density at radius 2 is 1.05 bits per heavy atom. The summed E-state index contributed by atoms with van der Waals surface area (Å²) in [6.45, 7) is 0. The molecule has 5 aromatic carbocycles. The number of carbonyl (C=O) groups is 1. The Hall–Kier alpha value is -4.26. The van der Waals surface area contributed by atoms with Crippen LogP contribution in [0.1, 0.15) is 21.6 Å². The molecule has 0 saturated carbocycles. The molecule has 0 saturated heterocycles.